The average Bonchev–Trinajstić information content (AvgIpc) is 2.38. The number of amides is 1. The normalized spacial score (nSPS) is 10.3. The summed E-state index contributed by atoms with van der Waals surface area (Å²) in [6.07, 6.45) is 0. The van der Waals surface area contributed by atoms with E-state index in [0.29, 0.717) is 11.3 Å². The molecule has 3 nitrogen and oxygen atoms in total. The van der Waals surface area contributed by atoms with E-state index in [0.717, 1.165) is 22.5 Å². The van der Waals surface area contributed by atoms with Crippen molar-refractivity contribution in [2.24, 2.45) is 0 Å². The SMILES string of the molecule is CCN(CC)C(=O)CSc1ccc(Br)cc1C(C)=O. The summed E-state index contributed by atoms with van der Waals surface area (Å²) in [5.41, 5.74) is 0.659. The molecule has 0 heterocycles. The van der Waals surface area contributed by atoms with Crippen LogP contribution in [0.1, 0.15) is 31.1 Å². The second-order valence-electron chi connectivity index (χ2n) is 4.05. The van der Waals surface area contributed by atoms with Gasteiger partial charge < -0.3 is 4.90 Å². The molecule has 5 heteroatoms. The minimum atomic E-state index is 0.0130. The van der Waals surface area contributed by atoms with Crippen molar-refractivity contribution in [2.75, 3.05) is 18.8 Å². The van der Waals surface area contributed by atoms with Gasteiger partial charge in [0, 0.05) is 28.0 Å². The Morgan fingerprint density at radius 1 is 1.26 bits per heavy atom. The van der Waals surface area contributed by atoms with E-state index < -0.39 is 0 Å². The van der Waals surface area contributed by atoms with Gasteiger partial charge in [0.25, 0.3) is 0 Å². The monoisotopic (exact) mass is 343 g/mol. The Labute approximate surface area is 126 Å². The molecule has 0 aromatic heterocycles. The molecule has 0 aliphatic rings. The van der Waals surface area contributed by atoms with E-state index in [9.17, 15) is 9.59 Å². The predicted octanol–water partition coefficient (Wildman–Crippen LogP) is 3.61. The number of Topliss-reactive ketones (excluding diaryl/α,β-unsaturated/α-hetero) is 1. The van der Waals surface area contributed by atoms with E-state index in [1.54, 1.807) is 11.0 Å². The van der Waals surface area contributed by atoms with Crippen molar-refractivity contribution in [3.63, 3.8) is 0 Å². The molecule has 19 heavy (non-hydrogen) atoms. The number of thioether (sulfide) groups is 1. The number of carbonyl (C=O) groups is 2. The molecule has 0 aliphatic carbocycles. The van der Waals surface area contributed by atoms with Crippen molar-refractivity contribution in [3.05, 3.63) is 28.2 Å². The largest absolute Gasteiger partial charge is 0.343 e. The fraction of sp³-hybridized carbons (Fsp3) is 0.429. The van der Waals surface area contributed by atoms with Crippen LogP contribution in [0.5, 0.6) is 0 Å². The smallest absolute Gasteiger partial charge is 0.232 e. The van der Waals surface area contributed by atoms with Gasteiger partial charge >= 0.3 is 0 Å². The van der Waals surface area contributed by atoms with Crippen LogP contribution < -0.4 is 0 Å². The molecule has 1 aromatic carbocycles. The molecule has 0 atom stereocenters. The Balaban J connectivity index is 2.78. The second-order valence-corrected chi connectivity index (χ2v) is 5.98. The Kier molecular flexibility index (Phi) is 6.58. The second kappa shape index (κ2) is 7.70. The van der Waals surface area contributed by atoms with Gasteiger partial charge in [-0.2, -0.15) is 0 Å². The zero-order chi connectivity index (χ0) is 14.4. The van der Waals surface area contributed by atoms with Crippen LogP contribution in [-0.4, -0.2) is 35.4 Å². The standard InChI is InChI=1S/C14H18BrNO2S/c1-4-16(5-2)14(18)9-19-13-7-6-11(15)8-12(13)10(3)17/h6-8H,4-5,9H2,1-3H3. The van der Waals surface area contributed by atoms with Gasteiger partial charge in [0.15, 0.2) is 5.78 Å². The maximum Gasteiger partial charge on any atom is 0.232 e. The summed E-state index contributed by atoms with van der Waals surface area (Å²) in [4.78, 5) is 26.2. The minimum absolute atomic E-state index is 0.0130. The van der Waals surface area contributed by atoms with Gasteiger partial charge in [-0.3, -0.25) is 9.59 Å². The lowest BCUT2D eigenvalue weighted by atomic mass is 10.1. The topological polar surface area (TPSA) is 37.4 Å². The lowest BCUT2D eigenvalue weighted by Crippen LogP contribution is -2.31. The molecule has 0 fully saturated rings. The van der Waals surface area contributed by atoms with Crippen LogP contribution in [0, 0.1) is 0 Å². The highest BCUT2D eigenvalue weighted by atomic mass is 79.9. The van der Waals surface area contributed by atoms with Crippen LogP contribution in [0.3, 0.4) is 0 Å². The van der Waals surface area contributed by atoms with Crippen LogP contribution >= 0.6 is 27.7 Å². The fourth-order valence-electron chi connectivity index (χ4n) is 1.71. The van der Waals surface area contributed by atoms with Crippen molar-refractivity contribution >= 4 is 39.4 Å². The molecule has 1 aromatic rings. The molecular weight excluding hydrogens is 326 g/mol. The van der Waals surface area contributed by atoms with Crippen molar-refractivity contribution in [3.8, 4) is 0 Å². The van der Waals surface area contributed by atoms with E-state index >= 15 is 0 Å². The quantitative estimate of drug-likeness (QED) is 0.584. The number of halogens is 1. The number of nitrogens with zero attached hydrogens (tertiary/aromatic N) is 1. The van der Waals surface area contributed by atoms with E-state index in [2.05, 4.69) is 15.9 Å². The first-order valence-corrected chi connectivity index (χ1v) is 7.98. The third-order valence-corrected chi connectivity index (χ3v) is 4.34. The van der Waals surface area contributed by atoms with Crippen LogP contribution in [0.15, 0.2) is 27.6 Å². The highest BCUT2D eigenvalue weighted by molar-refractivity contribution is 9.10. The van der Waals surface area contributed by atoms with Gasteiger partial charge in [-0.1, -0.05) is 15.9 Å². The minimum Gasteiger partial charge on any atom is -0.343 e. The lowest BCUT2D eigenvalue weighted by Gasteiger charge is -2.18. The first-order valence-electron chi connectivity index (χ1n) is 6.20. The molecule has 0 bridgehead atoms. The maximum atomic E-state index is 11.9. The number of hydrogen-bond donors (Lipinski definition) is 0. The molecule has 0 saturated carbocycles. The van der Waals surface area contributed by atoms with Gasteiger partial charge in [-0.15, -0.1) is 11.8 Å². The van der Waals surface area contributed by atoms with E-state index in [-0.39, 0.29) is 11.7 Å². The number of ketones is 1. The molecule has 0 aliphatic heterocycles. The Bertz CT molecular complexity index is 473. The summed E-state index contributed by atoms with van der Waals surface area (Å²) in [5, 5.41) is 0. The molecule has 1 rings (SSSR count). The first kappa shape index (κ1) is 16.2. The van der Waals surface area contributed by atoms with Gasteiger partial charge in [-0.05, 0) is 39.0 Å². The summed E-state index contributed by atoms with van der Waals surface area (Å²) in [6, 6.07) is 5.56. The van der Waals surface area contributed by atoms with Crippen molar-refractivity contribution in [1.82, 2.24) is 4.90 Å². The van der Waals surface area contributed by atoms with Crippen molar-refractivity contribution < 1.29 is 9.59 Å². The zero-order valence-electron chi connectivity index (χ0n) is 11.4. The molecule has 0 saturated heterocycles. The van der Waals surface area contributed by atoms with Gasteiger partial charge in [0.1, 0.15) is 0 Å². The average molecular weight is 344 g/mol. The van der Waals surface area contributed by atoms with Crippen LogP contribution in [0.4, 0.5) is 0 Å². The Morgan fingerprint density at radius 3 is 2.42 bits per heavy atom. The highest BCUT2D eigenvalue weighted by Crippen LogP contribution is 2.26. The van der Waals surface area contributed by atoms with Gasteiger partial charge in [0.2, 0.25) is 5.91 Å². The molecule has 0 unspecified atom stereocenters. The summed E-state index contributed by atoms with van der Waals surface area (Å²) in [5.74, 6) is 0.482. The van der Waals surface area contributed by atoms with Gasteiger partial charge in [-0.25, -0.2) is 0 Å². The lowest BCUT2D eigenvalue weighted by molar-refractivity contribution is -0.127. The summed E-state index contributed by atoms with van der Waals surface area (Å²) >= 11 is 4.77. The summed E-state index contributed by atoms with van der Waals surface area (Å²) < 4.78 is 0.872. The van der Waals surface area contributed by atoms with Crippen molar-refractivity contribution in [2.45, 2.75) is 25.7 Å². The molecule has 1 amide bonds. The fourth-order valence-corrected chi connectivity index (χ4v) is 3.06. The Hall–Kier alpha value is -0.810. The van der Waals surface area contributed by atoms with E-state index in [1.807, 2.05) is 26.0 Å². The predicted molar refractivity (Wildman–Crippen MR) is 82.8 cm³/mol. The van der Waals surface area contributed by atoms with E-state index in [1.165, 1.54) is 18.7 Å². The van der Waals surface area contributed by atoms with Crippen molar-refractivity contribution in [1.29, 1.82) is 0 Å². The molecule has 0 N–H and O–H groups in total. The highest BCUT2D eigenvalue weighted by Gasteiger charge is 2.13. The summed E-state index contributed by atoms with van der Waals surface area (Å²) in [7, 11) is 0. The molecular formula is C14H18BrNO2S. The third-order valence-electron chi connectivity index (χ3n) is 2.79. The number of benzene rings is 1. The molecule has 0 radical (unpaired) electrons. The third kappa shape index (κ3) is 4.66. The maximum absolute atomic E-state index is 11.9. The first-order chi connectivity index (χ1) is 8.99. The number of hydrogen-bond acceptors (Lipinski definition) is 3. The van der Waals surface area contributed by atoms with Crippen LogP contribution in [0.2, 0.25) is 0 Å². The molecule has 104 valence electrons. The summed E-state index contributed by atoms with van der Waals surface area (Å²) in [6.45, 7) is 6.91. The number of rotatable bonds is 6. The number of carbonyl (C=O) groups excluding carboxylic acids is 2. The van der Waals surface area contributed by atoms with Gasteiger partial charge in [0.05, 0.1) is 5.75 Å². The van der Waals surface area contributed by atoms with Crippen LogP contribution in [-0.2, 0) is 4.79 Å². The van der Waals surface area contributed by atoms with E-state index in [4.69, 9.17) is 0 Å². The zero-order valence-corrected chi connectivity index (χ0v) is 13.8. The Morgan fingerprint density at radius 2 is 1.89 bits per heavy atom. The molecule has 0 spiro atoms. The van der Waals surface area contributed by atoms with Crippen LogP contribution in [0.25, 0.3) is 0 Å².